The third-order valence-corrected chi connectivity index (χ3v) is 3.87. The number of hydrazine groups is 1. The van der Waals surface area contributed by atoms with Gasteiger partial charge in [0, 0.05) is 17.7 Å². The fourth-order valence-electron chi connectivity index (χ4n) is 2.12. The van der Waals surface area contributed by atoms with Crippen LogP contribution < -0.4 is 15.6 Å². The monoisotopic (exact) mass is 357 g/mol. The largest absolute Gasteiger partial charge is 0.481 e. The van der Waals surface area contributed by atoms with E-state index >= 15 is 0 Å². The summed E-state index contributed by atoms with van der Waals surface area (Å²) in [6.07, 6.45) is -0.826. The summed E-state index contributed by atoms with van der Waals surface area (Å²) < 4.78 is 5.63. The minimum absolute atomic E-state index is 0.124. The van der Waals surface area contributed by atoms with Crippen LogP contribution in [0.25, 0.3) is 0 Å². The molecular formula is C18H19N3O5. The van der Waals surface area contributed by atoms with Crippen LogP contribution in [0.1, 0.15) is 28.4 Å². The number of rotatable bonds is 5. The van der Waals surface area contributed by atoms with Gasteiger partial charge in [-0.3, -0.25) is 30.6 Å². The van der Waals surface area contributed by atoms with Gasteiger partial charge in [-0.25, -0.2) is 0 Å². The van der Waals surface area contributed by atoms with E-state index in [-0.39, 0.29) is 11.3 Å². The summed E-state index contributed by atoms with van der Waals surface area (Å²) in [5.74, 6) is -0.525. The van der Waals surface area contributed by atoms with Gasteiger partial charge >= 0.3 is 0 Å². The lowest BCUT2D eigenvalue weighted by Gasteiger charge is -2.17. The molecule has 0 radical (unpaired) electrons. The van der Waals surface area contributed by atoms with Crippen molar-refractivity contribution in [1.82, 2.24) is 10.9 Å². The predicted octanol–water partition coefficient (Wildman–Crippen LogP) is 2.44. The van der Waals surface area contributed by atoms with Crippen molar-refractivity contribution in [2.45, 2.75) is 26.9 Å². The van der Waals surface area contributed by atoms with E-state index in [0.717, 1.165) is 11.1 Å². The third kappa shape index (κ3) is 4.56. The first-order chi connectivity index (χ1) is 12.3. The number of hydrogen-bond donors (Lipinski definition) is 2. The minimum Gasteiger partial charge on any atom is -0.481 e. The van der Waals surface area contributed by atoms with Crippen LogP contribution in [0.5, 0.6) is 5.75 Å². The maximum absolute atomic E-state index is 12.1. The maximum atomic E-state index is 12.1. The van der Waals surface area contributed by atoms with Gasteiger partial charge in [0.1, 0.15) is 5.75 Å². The Labute approximate surface area is 150 Å². The van der Waals surface area contributed by atoms with Gasteiger partial charge in [-0.15, -0.1) is 0 Å². The van der Waals surface area contributed by atoms with E-state index < -0.39 is 22.8 Å². The smallest absolute Gasteiger partial charge is 0.279 e. The van der Waals surface area contributed by atoms with E-state index in [2.05, 4.69) is 10.9 Å². The summed E-state index contributed by atoms with van der Waals surface area (Å²) in [5, 5.41) is 10.6. The molecule has 2 N–H and O–H groups in total. The first-order valence-corrected chi connectivity index (χ1v) is 7.87. The van der Waals surface area contributed by atoms with Gasteiger partial charge in [0.05, 0.1) is 4.92 Å². The molecule has 2 rings (SSSR count). The lowest BCUT2D eigenvalue weighted by molar-refractivity contribution is -0.384. The number of benzene rings is 2. The number of non-ortho nitro benzene ring substituents is 1. The first-order valence-electron chi connectivity index (χ1n) is 7.87. The molecule has 2 aromatic carbocycles. The number of amides is 2. The molecular weight excluding hydrogens is 338 g/mol. The second-order valence-electron chi connectivity index (χ2n) is 5.71. The second kappa shape index (κ2) is 8.11. The molecule has 136 valence electrons. The van der Waals surface area contributed by atoms with Gasteiger partial charge in [-0.05, 0) is 50.1 Å². The highest BCUT2D eigenvalue weighted by Gasteiger charge is 2.17. The Bertz CT molecular complexity index is 833. The minimum atomic E-state index is -0.826. The molecule has 0 saturated heterocycles. The van der Waals surface area contributed by atoms with Crippen molar-refractivity contribution < 1.29 is 19.2 Å². The van der Waals surface area contributed by atoms with E-state index in [0.29, 0.717) is 5.75 Å². The Balaban J connectivity index is 1.91. The Morgan fingerprint density at radius 2 is 1.73 bits per heavy atom. The molecule has 0 aromatic heterocycles. The number of nitro benzene ring substituents is 1. The highest BCUT2D eigenvalue weighted by molar-refractivity contribution is 5.95. The molecule has 1 atom stereocenters. The number of nitro groups is 1. The number of carbonyl (C=O) groups is 2. The van der Waals surface area contributed by atoms with Crippen molar-refractivity contribution in [2.75, 3.05) is 0 Å². The van der Waals surface area contributed by atoms with Crippen molar-refractivity contribution in [3.05, 3.63) is 69.3 Å². The van der Waals surface area contributed by atoms with Crippen molar-refractivity contribution in [3.63, 3.8) is 0 Å². The van der Waals surface area contributed by atoms with E-state index in [9.17, 15) is 19.7 Å². The molecule has 0 fully saturated rings. The van der Waals surface area contributed by atoms with Gasteiger partial charge in [0.25, 0.3) is 17.5 Å². The zero-order valence-corrected chi connectivity index (χ0v) is 14.6. The lowest BCUT2D eigenvalue weighted by Crippen LogP contribution is -2.47. The molecule has 0 aliphatic carbocycles. The Hall–Kier alpha value is -3.42. The van der Waals surface area contributed by atoms with E-state index in [1.165, 1.54) is 24.3 Å². The Morgan fingerprint density at radius 3 is 2.35 bits per heavy atom. The van der Waals surface area contributed by atoms with Crippen LogP contribution in [-0.2, 0) is 4.79 Å². The Kier molecular flexibility index (Phi) is 5.90. The van der Waals surface area contributed by atoms with Gasteiger partial charge in [0.2, 0.25) is 0 Å². The van der Waals surface area contributed by atoms with E-state index in [1.807, 2.05) is 26.0 Å². The number of carbonyl (C=O) groups excluding carboxylic acids is 2. The number of aryl methyl sites for hydroxylation is 1. The van der Waals surface area contributed by atoms with Gasteiger partial charge in [-0.1, -0.05) is 12.1 Å². The molecule has 0 aliphatic heterocycles. The van der Waals surface area contributed by atoms with Gasteiger partial charge in [-0.2, -0.15) is 0 Å². The summed E-state index contributed by atoms with van der Waals surface area (Å²) in [6, 6.07) is 10.6. The molecule has 0 spiro atoms. The van der Waals surface area contributed by atoms with Crippen LogP contribution >= 0.6 is 0 Å². The number of nitrogens with zero attached hydrogens (tertiary/aromatic N) is 1. The summed E-state index contributed by atoms with van der Waals surface area (Å²) in [4.78, 5) is 34.1. The normalized spacial score (nSPS) is 11.3. The van der Waals surface area contributed by atoms with Crippen LogP contribution in [0.2, 0.25) is 0 Å². The zero-order valence-electron chi connectivity index (χ0n) is 14.6. The summed E-state index contributed by atoms with van der Waals surface area (Å²) in [7, 11) is 0. The second-order valence-corrected chi connectivity index (χ2v) is 5.71. The molecule has 2 amide bonds. The van der Waals surface area contributed by atoms with Gasteiger partial charge < -0.3 is 4.74 Å². The third-order valence-electron chi connectivity index (χ3n) is 3.87. The van der Waals surface area contributed by atoms with Crippen molar-refractivity contribution >= 4 is 17.5 Å². The highest BCUT2D eigenvalue weighted by atomic mass is 16.6. The van der Waals surface area contributed by atoms with E-state index in [1.54, 1.807) is 13.0 Å². The van der Waals surface area contributed by atoms with Crippen molar-refractivity contribution in [3.8, 4) is 5.75 Å². The molecule has 0 aliphatic rings. The summed E-state index contributed by atoms with van der Waals surface area (Å²) in [5.41, 5.74) is 6.56. The SMILES string of the molecule is Cc1cccc(OC(C)C(=O)NNC(=O)c2ccc([N+](=O)[O-])cc2)c1C. The topological polar surface area (TPSA) is 111 Å². The van der Waals surface area contributed by atoms with Crippen molar-refractivity contribution in [1.29, 1.82) is 0 Å². The molecule has 2 aromatic rings. The summed E-state index contributed by atoms with van der Waals surface area (Å²) >= 11 is 0. The molecule has 0 bridgehead atoms. The van der Waals surface area contributed by atoms with Crippen LogP contribution in [0.3, 0.4) is 0 Å². The zero-order chi connectivity index (χ0) is 19.3. The first kappa shape index (κ1) is 18.9. The maximum Gasteiger partial charge on any atom is 0.279 e. The molecule has 8 nitrogen and oxygen atoms in total. The van der Waals surface area contributed by atoms with E-state index in [4.69, 9.17) is 4.74 Å². The average molecular weight is 357 g/mol. The standard InChI is InChI=1S/C18H19N3O5/c1-11-5-4-6-16(12(11)2)26-13(3)17(22)19-20-18(23)14-7-9-15(10-8-14)21(24)25/h4-10,13H,1-3H3,(H,19,22)(H,20,23). The average Bonchev–Trinajstić information content (AvgIpc) is 2.63. The fourth-order valence-corrected chi connectivity index (χ4v) is 2.12. The Morgan fingerprint density at radius 1 is 1.08 bits per heavy atom. The number of ether oxygens (including phenoxy) is 1. The molecule has 0 heterocycles. The molecule has 1 unspecified atom stereocenters. The fraction of sp³-hybridized carbons (Fsp3) is 0.222. The molecule has 8 heteroatoms. The summed E-state index contributed by atoms with van der Waals surface area (Å²) in [6.45, 7) is 5.40. The van der Waals surface area contributed by atoms with Crippen LogP contribution in [0.15, 0.2) is 42.5 Å². The number of nitrogens with one attached hydrogen (secondary N) is 2. The highest BCUT2D eigenvalue weighted by Crippen LogP contribution is 2.21. The van der Waals surface area contributed by atoms with Crippen LogP contribution in [0.4, 0.5) is 5.69 Å². The van der Waals surface area contributed by atoms with Crippen molar-refractivity contribution in [2.24, 2.45) is 0 Å². The predicted molar refractivity (Wildman–Crippen MR) is 94.7 cm³/mol. The van der Waals surface area contributed by atoms with Crippen LogP contribution in [0, 0.1) is 24.0 Å². The number of hydrogen-bond acceptors (Lipinski definition) is 5. The quantitative estimate of drug-likeness (QED) is 0.631. The van der Waals surface area contributed by atoms with Crippen LogP contribution in [-0.4, -0.2) is 22.8 Å². The lowest BCUT2D eigenvalue weighted by atomic mass is 10.1. The van der Waals surface area contributed by atoms with Gasteiger partial charge in [0.15, 0.2) is 6.10 Å². The molecule has 0 saturated carbocycles. The molecule has 26 heavy (non-hydrogen) atoms.